The number of amides is 1. The van der Waals surface area contributed by atoms with E-state index in [2.05, 4.69) is 22.3 Å². The van der Waals surface area contributed by atoms with Gasteiger partial charge in [0.25, 0.3) is 0 Å². The minimum atomic E-state index is 0.142. The molecule has 1 aliphatic heterocycles. The van der Waals surface area contributed by atoms with E-state index in [-0.39, 0.29) is 18.6 Å². The lowest BCUT2D eigenvalue weighted by molar-refractivity contribution is -0.119. The SMILES string of the molecule is O=C1CCC(CN(CCO)Cc2ccccc2)N1. The number of carbonyl (C=O) groups excluding carboxylic acids is 1. The Balaban J connectivity index is 1.89. The summed E-state index contributed by atoms with van der Waals surface area (Å²) in [5.74, 6) is 0.142. The molecule has 2 rings (SSSR count). The fourth-order valence-electron chi connectivity index (χ4n) is 2.34. The van der Waals surface area contributed by atoms with Gasteiger partial charge in [-0.15, -0.1) is 0 Å². The molecule has 1 aliphatic rings. The first kappa shape index (κ1) is 13.1. The van der Waals surface area contributed by atoms with E-state index in [0.29, 0.717) is 13.0 Å². The van der Waals surface area contributed by atoms with Gasteiger partial charge >= 0.3 is 0 Å². The average molecular weight is 248 g/mol. The molecule has 0 aromatic heterocycles. The summed E-state index contributed by atoms with van der Waals surface area (Å²) in [6.45, 7) is 2.41. The predicted octanol–water partition coefficient (Wildman–Crippen LogP) is 0.759. The highest BCUT2D eigenvalue weighted by Crippen LogP contribution is 2.11. The average Bonchev–Trinajstić information content (AvgIpc) is 2.76. The standard InChI is InChI=1S/C14H20N2O2/c17-9-8-16(10-12-4-2-1-3-5-12)11-13-6-7-14(18)15-13/h1-5,13,17H,6-11H2,(H,15,18). The smallest absolute Gasteiger partial charge is 0.220 e. The number of nitrogens with zero attached hydrogens (tertiary/aromatic N) is 1. The molecule has 1 heterocycles. The van der Waals surface area contributed by atoms with Crippen molar-refractivity contribution in [3.05, 3.63) is 35.9 Å². The second kappa shape index (κ2) is 6.52. The molecule has 18 heavy (non-hydrogen) atoms. The van der Waals surface area contributed by atoms with Crippen LogP contribution in [0.4, 0.5) is 0 Å². The predicted molar refractivity (Wildman–Crippen MR) is 70.0 cm³/mol. The highest BCUT2D eigenvalue weighted by atomic mass is 16.3. The number of hydrogen-bond acceptors (Lipinski definition) is 3. The van der Waals surface area contributed by atoms with Crippen LogP contribution in [-0.2, 0) is 11.3 Å². The fourth-order valence-corrected chi connectivity index (χ4v) is 2.34. The zero-order valence-electron chi connectivity index (χ0n) is 10.5. The normalized spacial score (nSPS) is 19.2. The number of carbonyl (C=O) groups is 1. The largest absolute Gasteiger partial charge is 0.395 e. The van der Waals surface area contributed by atoms with Gasteiger partial charge in [0, 0.05) is 32.1 Å². The van der Waals surface area contributed by atoms with Crippen LogP contribution in [0.5, 0.6) is 0 Å². The lowest BCUT2D eigenvalue weighted by atomic mass is 10.1. The Bertz CT molecular complexity index is 381. The van der Waals surface area contributed by atoms with Crippen molar-refractivity contribution < 1.29 is 9.90 Å². The Morgan fingerprint density at radius 1 is 1.33 bits per heavy atom. The van der Waals surface area contributed by atoms with Crippen molar-refractivity contribution in [1.82, 2.24) is 10.2 Å². The minimum absolute atomic E-state index is 0.142. The number of aliphatic hydroxyl groups is 1. The highest BCUT2D eigenvalue weighted by molar-refractivity contribution is 5.78. The zero-order chi connectivity index (χ0) is 12.8. The molecule has 1 atom stereocenters. The number of benzene rings is 1. The Morgan fingerprint density at radius 3 is 2.72 bits per heavy atom. The van der Waals surface area contributed by atoms with Crippen molar-refractivity contribution in [3.63, 3.8) is 0 Å². The van der Waals surface area contributed by atoms with E-state index < -0.39 is 0 Å². The van der Waals surface area contributed by atoms with Gasteiger partial charge in [0.2, 0.25) is 5.91 Å². The van der Waals surface area contributed by atoms with E-state index in [0.717, 1.165) is 19.5 Å². The molecule has 98 valence electrons. The van der Waals surface area contributed by atoms with Gasteiger partial charge in [-0.05, 0) is 12.0 Å². The third kappa shape index (κ3) is 3.82. The topological polar surface area (TPSA) is 52.6 Å². The molecule has 0 radical (unpaired) electrons. The molecule has 1 aromatic rings. The maximum absolute atomic E-state index is 11.2. The van der Waals surface area contributed by atoms with Crippen molar-refractivity contribution >= 4 is 5.91 Å². The molecule has 1 aromatic carbocycles. The van der Waals surface area contributed by atoms with E-state index in [1.807, 2.05) is 18.2 Å². The molecule has 4 nitrogen and oxygen atoms in total. The van der Waals surface area contributed by atoms with Gasteiger partial charge in [-0.1, -0.05) is 30.3 Å². The molecule has 1 amide bonds. The van der Waals surface area contributed by atoms with E-state index in [1.54, 1.807) is 0 Å². The van der Waals surface area contributed by atoms with Crippen molar-refractivity contribution in [2.24, 2.45) is 0 Å². The molecule has 0 spiro atoms. The molecule has 1 unspecified atom stereocenters. The van der Waals surface area contributed by atoms with Crippen LogP contribution in [0.25, 0.3) is 0 Å². The fraction of sp³-hybridized carbons (Fsp3) is 0.500. The number of hydrogen-bond donors (Lipinski definition) is 2. The third-order valence-corrected chi connectivity index (χ3v) is 3.23. The van der Waals surface area contributed by atoms with Gasteiger partial charge in [-0.3, -0.25) is 9.69 Å². The number of rotatable bonds is 6. The molecule has 1 fully saturated rings. The first-order chi connectivity index (χ1) is 8.78. The van der Waals surface area contributed by atoms with Crippen molar-refractivity contribution in [2.75, 3.05) is 19.7 Å². The van der Waals surface area contributed by atoms with Crippen LogP contribution in [-0.4, -0.2) is 41.7 Å². The minimum Gasteiger partial charge on any atom is -0.395 e. The molecule has 0 bridgehead atoms. The maximum Gasteiger partial charge on any atom is 0.220 e. The van der Waals surface area contributed by atoms with Gasteiger partial charge in [0.05, 0.1) is 6.61 Å². The molecule has 0 aliphatic carbocycles. The monoisotopic (exact) mass is 248 g/mol. The molecule has 1 saturated heterocycles. The second-order valence-electron chi connectivity index (χ2n) is 4.75. The summed E-state index contributed by atoms with van der Waals surface area (Å²) in [5.41, 5.74) is 1.23. The maximum atomic E-state index is 11.2. The van der Waals surface area contributed by atoms with E-state index >= 15 is 0 Å². The number of aliphatic hydroxyl groups excluding tert-OH is 1. The lowest BCUT2D eigenvalue weighted by Gasteiger charge is -2.24. The van der Waals surface area contributed by atoms with E-state index in [9.17, 15) is 4.79 Å². The van der Waals surface area contributed by atoms with E-state index in [1.165, 1.54) is 5.56 Å². The summed E-state index contributed by atoms with van der Waals surface area (Å²) in [6, 6.07) is 10.4. The Morgan fingerprint density at radius 2 is 2.11 bits per heavy atom. The summed E-state index contributed by atoms with van der Waals surface area (Å²) in [7, 11) is 0. The van der Waals surface area contributed by atoms with Crippen LogP contribution in [0.3, 0.4) is 0 Å². The Labute approximate surface area is 108 Å². The highest BCUT2D eigenvalue weighted by Gasteiger charge is 2.22. The lowest BCUT2D eigenvalue weighted by Crippen LogP contribution is -2.39. The molecule has 0 saturated carbocycles. The second-order valence-corrected chi connectivity index (χ2v) is 4.75. The quantitative estimate of drug-likeness (QED) is 0.781. The Kier molecular flexibility index (Phi) is 4.73. The molecular formula is C14H20N2O2. The van der Waals surface area contributed by atoms with Crippen molar-refractivity contribution in [3.8, 4) is 0 Å². The molecular weight excluding hydrogens is 228 g/mol. The van der Waals surface area contributed by atoms with Crippen LogP contribution >= 0.6 is 0 Å². The van der Waals surface area contributed by atoms with Crippen LogP contribution in [0, 0.1) is 0 Å². The van der Waals surface area contributed by atoms with Gasteiger partial charge < -0.3 is 10.4 Å². The summed E-state index contributed by atoms with van der Waals surface area (Å²) in [5, 5.41) is 12.1. The van der Waals surface area contributed by atoms with Crippen LogP contribution in [0.2, 0.25) is 0 Å². The van der Waals surface area contributed by atoms with Gasteiger partial charge in [0.15, 0.2) is 0 Å². The zero-order valence-corrected chi connectivity index (χ0v) is 10.5. The first-order valence-electron chi connectivity index (χ1n) is 6.44. The summed E-state index contributed by atoms with van der Waals surface area (Å²) >= 11 is 0. The number of nitrogens with one attached hydrogen (secondary N) is 1. The van der Waals surface area contributed by atoms with Crippen LogP contribution in [0.1, 0.15) is 18.4 Å². The van der Waals surface area contributed by atoms with E-state index in [4.69, 9.17) is 5.11 Å². The molecule has 4 heteroatoms. The van der Waals surface area contributed by atoms with Crippen molar-refractivity contribution in [1.29, 1.82) is 0 Å². The molecule has 2 N–H and O–H groups in total. The van der Waals surface area contributed by atoms with Gasteiger partial charge in [-0.25, -0.2) is 0 Å². The third-order valence-electron chi connectivity index (χ3n) is 3.23. The summed E-state index contributed by atoms with van der Waals surface area (Å²) in [4.78, 5) is 13.4. The summed E-state index contributed by atoms with van der Waals surface area (Å²) < 4.78 is 0. The van der Waals surface area contributed by atoms with Gasteiger partial charge in [0.1, 0.15) is 0 Å². The summed E-state index contributed by atoms with van der Waals surface area (Å²) in [6.07, 6.45) is 1.53. The van der Waals surface area contributed by atoms with Crippen molar-refractivity contribution in [2.45, 2.75) is 25.4 Å². The first-order valence-corrected chi connectivity index (χ1v) is 6.44. The Hall–Kier alpha value is -1.39. The van der Waals surface area contributed by atoms with Gasteiger partial charge in [-0.2, -0.15) is 0 Å². The van der Waals surface area contributed by atoms with Crippen LogP contribution in [0.15, 0.2) is 30.3 Å². The van der Waals surface area contributed by atoms with Crippen LogP contribution < -0.4 is 5.32 Å².